The molecule has 0 aromatic heterocycles. The van der Waals surface area contributed by atoms with E-state index in [9.17, 15) is 9.59 Å². The maximum absolute atomic E-state index is 12.8. The first kappa shape index (κ1) is 23.2. The Morgan fingerprint density at radius 2 is 1.85 bits per heavy atom. The number of nitrogens with zero attached hydrogens (tertiary/aromatic N) is 2. The van der Waals surface area contributed by atoms with Crippen LogP contribution in [0.2, 0.25) is 0 Å². The lowest BCUT2D eigenvalue weighted by atomic mass is 9.89. The molecule has 0 spiro atoms. The number of aliphatic imine (C=N–C) groups is 1. The summed E-state index contributed by atoms with van der Waals surface area (Å²) in [5.41, 5.74) is 8.41. The van der Waals surface area contributed by atoms with Crippen molar-refractivity contribution in [2.75, 3.05) is 24.2 Å². The number of carbonyl (C=O) groups excluding carboxylic acids is 2. The largest absolute Gasteiger partial charge is 0.445 e. The number of ether oxygens (including phenoxy) is 1. The number of hydrogen-bond donors (Lipinski definition) is 2. The SMILES string of the molecule is CC1(c2ccc(NC(=O)C3CCN(C(=O)OCc4ccccc4)CC3)cc2)CCSC(N)=N1. The molecule has 0 aliphatic carbocycles. The third-order valence-electron chi connectivity index (χ3n) is 6.30. The van der Waals surface area contributed by atoms with E-state index in [4.69, 9.17) is 10.5 Å². The number of amides is 2. The average molecular weight is 467 g/mol. The molecule has 2 amide bonds. The van der Waals surface area contributed by atoms with Gasteiger partial charge in [0.1, 0.15) is 6.61 Å². The van der Waals surface area contributed by atoms with Gasteiger partial charge in [-0.2, -0.15) is 0 Å². The minimum absolute atomic E-state index is 0.0115. The van der Waals surface area contributed by atoms with E-state index < -0.39 is 0 Å². The quantitative estimate of drug-likeness (QED) is 0.683. The molecule has 0 saturated carbocycles. The molecule has 8 heteroatoms. The summed E-state index contributed by atoms with van der Waals surface area (Å²) >= 11 is 1.58. The molecule has 174 valence electrons. The summed E-state index contributed by atoms with van der Waals surface area (Å²) in [5, 5.41) is 3.64. The maximum atomic E-state index is 12.8. The van der Waals surface area contributed by atoms with Gasteiger partial charge in [-0.05, 0) is 49.4 Å². The van der Waals surface area contributed by atoms with E-state index in [1.807, 2.05) is 54.6 Å². The lowest BCUT2D eigenvalue weighted by molar-refractivity contribution is -0.121. The molecule has 0 radical (unpaired) electrons. The lowest BCUT2D eigenvalue weighted by Crippen LogP contribution is -2.41. The van der Waals surface area contributed by atoms with E-state index in [1.165, 1.54) is 0 Å². The molecular weight excluding hydrogens is 436 g/mol. The Balaban J connectivity index is 1.25. The summed E-state index contributed by atoms with van der Waals surface area (Å²) < 4.78 is 5.40. The van der Waals surface area contributed by atoms with E-state index in [0.29, 0.717) is 31.1 Å². The first-order valence-electron chi connectivity index (χ1n) is 11.3. The van der Waals surface area contributed by atoms with Crippen molar-refractivity contribution in [3.8, 4) is 0 Å². The zero-order valence-electron chi connectivity index (χ0n) is 18.8. The number of nitrogens with two attached hydrogens (primary N) is 1. The Kier molecular flexibility index (Phi) is 7.23. The van der Waals surface area contributed by atoms with Crippen molar-refractivity contribution in [3.63, 3.8) is 0 Å². The highest BCUT2D eigenvalue weighted by Crippen LogP contribution is 2.35. The van der Waals surface area contributed by atoms with E-state index in [1.54, 1.807) is 16.7 Å². The third kappa shape index (κ3) is 5.87. The van der Waals surface area contributed by atoms with Gasteiger partial charge in [-0.15, -0.1) is 0 Å². The number of piperidine rings is 1. The molecule has 4 rings (SSSR count). The molecule has 1 unspecified atom stereocenters. The van der Waals surface area contributed by atoms with Crippen molar-refractivity contribution in [1.29, 1.82) is 0 Å². The predicted molar refractivity (Wildman–Crippen MR) is 132 cm³/mol. The number of hydrogen-bond acceptors (Lipinski definition) is 6. The maximum Gasteiger partial charge on any atom is 0.410 e. The molecule has 33 heavy (non-hydrogen) atoms. The van der Waals surface area contributed by atoms with Crippen LogP contribution >= 0.6 is 11.8 Å². The molecule has 2 aliphatic rings. The van der Waals surface area contributed by atoms with Gasteiger partial charge in [0.15, 0.2) is 5.17 Å². The highest BCUT2D eigenvalue weighted by Gasteiger charge is 2.30. The Labute approximate surface area is 198 Å². The second kappa shape index (κ2) is 10.3. The number of likely N-dealkylation sites (tertiary alicyclic amines) is 1. The van der Waals surface area contributed by atoms with Crippen LogP contribution in [-0.4, -0.2) is 40.9 Å². The van der Waals surface area contributed by atoms with Crippen LogP contribution in [0.15, 0.2) is 59.6 Å². The number of anilines is 1. The summed E-state index contributed by atoms with van der Waals surface area (Å²) in [7, 11) is 0. The van der Waals surface area contributed by atoms with Crippen molar-refractivity contribution < 1.29 is 14.3 Å². The van der Waals surface area contributed by atoms with Gasteiger partial charge in [0, 0.05) is 30.4 Å². The van der Waals surface area contributed by atoms with E-state index >= 15 is 0 Å². The number of thioether (sulfide) groups is 1. The summed E-state index contributed by atoms with van der Waals surface area (Å²) in [4.78, 5) is 31.4. The Hall–Kier alpha value is -3.00. The third-order valence-corrected chi connectivity index (χ3v) is 7.09. The summed E-state index contributed by atoms with van der Waals surface area (Å²) in [6, 6.07) is 17.5. The van der Waals surface area contributed by atoms with Crippen molar-refractivity contribution >= 4 is 34.6 Å². The van der Waals surface area contributed by atoms with Crippen LogP contribution in [0.25, 0.3) is 0 Å². The Morgan fingerprint density at radius 1 is 1.15 bits per heavy atom. The van der Waals surface area contributed by atoms with Crippen molar-refractivity contribution in [3.05, 3.63) is 65.7 Å². The second-order valence-corrected chi connectivity index (χ2v) is 9.81. The minimum atomic E-state index is -0.328. The zero-order valence-corrected chi connectivity index (χ0v) is 19.6. The highest BCUT2D eigenvalue weighted by molar-refractivity contribution is 8.13. The smallest absolute Gasteiger partial charge is 0.410 e. The number of benzene rings is 2. The molecule has 2 heterocycles. The average Bonchev–Trinajstić information content (AvgIpc) is 2.83. The molecule has 1 saturated heterocycles. The monoisotopic (exact) mass is 466 g/mol. The van der Waals surface area contributed by atoms with Crippen molar-refractivity contribution in [2.45, 2.75) is 38.3 Å². The molecule has 1 atom stereocenters. The molecule has 3 N–H and O–H groups in total. The van der Waals surface area contributed by atoms with Gasteiger partial charge < -0.3 is 20.7 Å². The predicted octanol–water partition coefficient (Wildman–Crippen LogP) is 4.34. The number of amidine groups is 1. The molecule has 7 nitrogen and oxygen atoms in total. The first-order chi connectivity index (χ1) is 15.9. The second-order valence-electron chi connectivity index (χ2n) is 8.69. The van der Waals surface area contributed by atoms with E-state index in [2.05, 4.69) is 17.2 Å². The fourth-order valence-corrected chi connectivity index (χ4v) is 5.16. The standard InChI is InChI=1S/C25H30N4O3S/c1-25(13-16-33-23(26)28-25)20-7-9-21(10-8-20)27-22(30)19-11-14-29(15-12-19)24(31)32-17-18-5-3-2-4-6-18/h2-10,19H,11-17H2,1H3,(H2,26,28)(H,27,30). The Morgan fingerprint density at radius 3 is 2.52 bits per heavy atom. The topological polar surface area (TPSA) is 97.0 Å². The number of nitrogens with one attached hydrogen (secondary N) is 1. The summed E-state index contributed by atoms with van der Waals surface area (Å²) in [6.45, 7) is 3.37. The van der Waals surface area contributed by atoms with Gasteiger partial charge in [-0.1, -0.05) is 54.2 Å². The molecular formula is C25H30N4O3S. The van der Waals surface area contributed by atoms with Gasteiger partial charge in [-0.25, -0.2) is 4.79 Å². The van der Waals surface area contributed by atoms with Crippen LogP contribution in [0.3, 0.4) is 0 Å². The van der Waals surface area contributed by atoms with Crippen LogP contribution in [0.5, 0.6) is 0 Å². The van der Waals surface area contributed by atoms with Crippen molar-refractivity contribution in [2.24, 2.45) is 16.6 Å². The fourth-order valence-electron chi connectivity index (χ4n) is 4.19. The van der Waals surface area contributed by atoms with E-state index in [-0.39, 0.29) is 30.1 Å². The highest BCUT2D eigenvalue weighted by atomic mass is 32.2. The summed E-state index contributed by atoms with van der Waals surface area (Å²) in [5.74, 6) is 0.811. The van der Waals surface area contributed by atoms with Crippen molar-refractivity contribution in [1.82, 2.24) is 4.90 Å². The molecule has 2 aromatic rings. The lowest BCUT2D eigenvalue weighted by Gasteiger charge is -2.31. The van der Waals surface area contributed by atoms with Crippen LogP contribution in [-0.2, 0) is 21.7 Å². The van der Waals surface area contributed by atoms with Gasteiger partial charge in [-0.3, -0.25) is 9.79 Å². The first-order valence-corrected chi connectivity index (χ1v) is 12.3. The van der Waals surface area contributed by atoms with Crippen LogP contribution < -0.4 is 11.1 Å². The fraction of sp³-hybridized carbons (Fsp3) is 0.400. The Bertz CT molecular complexity index is 1000. The molecule has 1 fully saturated rings. The molecule has 2 aromatic carbocycles. The minimum Gasteiger partial charge on any atom is -0.445 e. The zero-order chi connectivity index (χ0) is 23.3. The van der Waals surface area contributed by atoms with Crippen LogP contribution in [0.4, 0.5) is 10.5 Å². The van der Waals surface area contributed by atoms with Gasteiger partial charge in [0.2, 0.25) is 5.91 Å². The van der Waals surface area contributed by atoms with Gasteiger partial charge >= 0.3 is 6.09 Å². The molecule has 0 bridgehead atoms. The number of carbonyl (C=O) groups is 2. The normalized spacial score (nSPS) is 21.2. The van der Waals surface area contributed by atoms with Gasteiger partial charge in [0.25, 0.3) is 0 Å². The number of rotatable bonds is 5. The van der Waals surface area contributed by atoms with Crippen LogP contribution in [0.1, 0.15) is 37.3 Å². The van der Waals surface area contributed by atoms with Gasteiger partial charge in [0.05, 0.1) is 5.54 Å². The van der Waals surface area contributed by atoms with E-state index in [0.717, 1.165) is 29.0 Å². The summed E-state index contributed by atoms with van der Waals surface area (Å²) in [6.07, 6.45) is 1.84. The van der Waals surface area contributed by atoms with Crippen LogP contribution in [0, 0.1) is 5.92 Å². The molecule has 2 aliphatic heterocycles.